The molecule has 0 aromatic carbocycles. The Morgan fingerprint density at radius 2 is 1.63 bits per heavy atom. The third-order valence-corrected chi connectivity index (χ3v) is 2.21. The Labute approximate surface area is 113 Å². The molecular formula is C13H23NO5. The molecule has 19 heavy (non-hydrogen) atoms. The predicted molar refractivity (Wildman–Crippen MR) is 69.3 cm³/mol. The molecule has 0 aliphatic carbocycles. The molecule has 0 spiro atoms. The first-order chi connectivity index (χ1) is 9.01. The van der Waals surface area contributed by atoms with Gasteiger partial charge in [-0.3, -0.25) is 9.59 Å². The van der Waals surface area contributed by atoms with Crippen molar-refractivity contribution in [2.24, 2.45) is 0 Å². The lowest BCUT2D eigenvalue weighted by Crippen LogP contribution is -2.41. The molecule has 0 saturated heterocycles. The number of ether oxygens (including phenoxy) is 2. The van der Waals surface area contributed by atoms with Crippen LogP contribution < -0.4 is 5.32 Å². The highest BCUT2D eigenvalue weighted by Crippen LogP contribution is 2.03. The van der Waals surface area contributed by atoms with E-state index in [1.165, 1.54) is 6.92 Å². The molecule has 0 aliphatic rings. The van der Waals surface area contributed by atoms with Gasteiger partial charge < -0.3 is 14.8 Å². The molecule has 0 bridgehead atoms. The minimum atomic E-state index is -0.793. The molecule has 0 fully saturated rings. The molecule has 1 N–H and O–H groups in total. The Morgan fingerprint density at radius 3 is 2.16 bits per heavy atom. The summed E-state index contributed by atoms with van der Waals surface area (Å²) in [6.45, 7) is 5.76. The zero-order valence-corrected chi connectivity index (χ0v) is 11.9. The lowest BCUT2D eigenvalue weighted by molar-refractivity contribution is -0.149. The monoisotopic (exact) mass is 273 g/mol. The second-order valence-corrected chi connectivity index (χ2v) is 4.18. The number of carbonyl (C=O) groups is 3. The number of esters is 2. The van der Waals surface area contributed by atoms with Gasteiger partial charge in [0.25, 0.3) is 0 Å². The van der Waals surface area contributed by atoms with Gasteiger partial charge in [-0.15, -0.1) is 0 Å². The first-order valence-electron chi connectivity index (χ1n) is 6.60. The third kappa shape index (κ3) is 9.04. The van der Waals surface area contributed by atoms with E-state index in [1.807, 2.05) is 13.8 Å². The molecule has 0 saturated carbocycles. The summed E-state index contributed by atoms with van der Waals surface area (Å²) < 4.78 is 9.87. The Hall–Kier alpha value is -1.59. The summed E-state index contributed by atoms with van der Waals surface area (Å²) in [5.41, 5.74) is 0. The number of carbonyl (C=O) groups excluding carboxylic acids is 3. The van der Waals surface area contributed by atoms with Crippen LogP contribution in [0, 0.1) is 0 Å². The quantitative estimate of drug-likeness (QED) is 0.638. The highest BCUT2D eigenvalue weighted by atomic mass is 16.5. The molecule has 6 nitrogen and oxygen atoms in total. The van der Waals surface area contributed by atoms with E-state index < -0.39 is 12.0 Å². The summed E-state index contributed by atoms with van der Waals surface area (Å²) in [5.74, 6) is -1.22. The van der Waals surface area contributed by atoms with Crippen LogP contribution in [-0.2, 0) is 23.9 Å². The van der Waals surface area contributed by atoms with E-state index in [1.54, 1.807) is 0 Å². The second kappa shape index (κ2) is 10.3. The predicted octanol–water partition coefficient (Wildman–Crippen LogP) is 1.18. The minimum absolute atomic E-state index is 0.0756. The average molecular weight is 273 g/mol. The number of rotatable bonds is 9. The van der Waals surface area contributed by atoms with Crippen LogP contribution in [0.15, 0.2) is 0 Å². The van der Waals surface area contributed by atoms with Gasteiger partial charge in [0.1, 0.15) is 6.04 Å². The molecule has 0 rings (SSSR count). The van der Waals surface area contributed by atoms with Crippen LogP contribution in [-0.4, -0.2) is 37.1 Å². The fraction of sp³-hybridized carbons (Fsp3) is 0.769. The topological polar surface area (TPSA) is 81.7 Å². The fourth-order valence-electron chi connectivity index (χ4n) is 1.35. The lowest BCUT2D eigenvalue weighted by atomic mass is 10.1. The summed E-state index contributed by atoms with van der Waals surface area (Å²) in [7, 11) is 0. The van der Waals surface area contributed by atoms with Crippen molar-refractivity contribution in [1.82, 2.24) is 5.32 Å². The molecule has 0 radical (unpaired) electrons. The molecule has 1 atom stereocenters. The zero-order chi connectivity index (χ0) is 14.7. The first kappa shape index (κ1) is 17.4. The number of amides is 1. The van der Waals surface area contributed by atoms with Gasteiger partial charge in [-0.2, -0.15) is 0 Å². The molecule has 110 valence electrons. The molecular weight excluding hydrogens is 250 g/mol. The largest absolute Gasteiger partial charge is 0.466 e. The number of hydrogen-bond acceptors (Lipinski definition) is 5. The van der Waals surface area contributed by atoms with Gasteiger partial charge in [-0.25, -0.2) is 4.79 Å². The van der Waals surface area contributed by atoms with Gasteiger partial charge in [-0.1, -0.05) is 13.8 Å². The van der Waals surface area contributed by atoms with Gasteiger partial charge in [0.2, 0.25) is 5.91 Å². The number of hydrogen-bond donors (Lipinski definition) is 1. The number of nitrogens with one attached hydrogen (secondary N) is 1. The van der Waals surface area contributed by atoms with Crippen molar-refractivity contribution in [3.05, 3.63) is 0 Å². The van der Waals surface area contributed by atoms with Crippen LogP contribution in [0.2, 0.25) is 0 Å². The maximum Gasteiger partial charge on any atom is 0.328 e. The highest BCUT2D eigenvalue weighted by molar-refractivity contribution is 5.83. The summed E-state index contributed by atoms with van der Waals surface area (Å²) in [5, 5.41) is 2.48. The zero-order valence-electron chi connectivity index (χ0n) is 11.9. The van der Waals surface area contributed by atoms with Gasteiger partial charge >= 0.3 is 11.9 Å². The Balaban J connectivity index is 4.22. The van der Waals surface area contributed by atoms with Crippen molar-refractivity contribution in [2.45, 2.75) is 52.5 Å². The molecule has 0 aliphatic heterocycles. The Bertz CT molecular complexity index is 303. The molecule has 0 heterocycles. The van der Waals surface area contributed by atoms with Gasteiger partial charge in [0.05, 0.1) is 13.2 Å². The van der Waals surface area contributed by atoms with Crippen molar-refractivity contribution in [1.29, 1.82) is 0 Å². The Kier molecular flexibility index (Phi) is 9.48. The molecule has 1 amide bonds. The van der Waals surface area contributed by atoms with Crippen molar-refractivity contribution < 1.29 is 23.9 Å². The standard InChI is InChI=1S/C13H23NO5/c1-4-8-18-12(16)7-6-11(14-10(3)15)13(17)19-9-5-2/h11H,4-9H2,1-3H3,(H,14,15). The van der Waals surface area contributed by atoms with Crippen molar-refractivity contribution in [3.8, 4) is 0 Å². The normalized spacial score (nSPS) is 11.5. The molecule has 0 aromatic rings. The summed E-state index contributed by atoms with van der Waals surface area (Å²) >= 11 is 0. The van der Waals surface area contributed by atoms with Gasteiger partial charge in [0, 0.05) is 13.3 Å². The van der Waals surface area contributed by atoms with E-state index in [9.17, 15) is 14.4 Å². The van der Waals surface area contributed by atoms with Gasteiger partial charge in [0.15, 0.2) is 0 Å². The van der Waals surface area contributed by atoms with Crippen molar-refractivity contribution >= 4 is 17.8 Å². The smallest absolute Gasteiger partial charge is 0.328 e. The van der Waals surface area contributed by atoms with Gasteiger partial charge in [-0.05, 0) is 19.3 Å². The fourth-order valence-corrected chi connectivity index (χ4v) is 1.35. The van der Waals surface area contributed by atoms with Crippen LogP contribution in [0.3, 0.4) is 0 Å². The van der Waals surface area contributed by atoms with Crippen LogP contribution in [0.5, 0.6) is 0 Å². The van der Waals surface area contributed by atoms with E-state index in [4.69, 9.17) is 9.47 Å². The molecule has 6 heteroatoms. The molecule has 1 unspecified atom stereocenters. The van der Waals surface area contributed by atoms with Crippen LogP contribution >= 0.6 is 0 Å². The third-order valence-electron chi connectivity index (χ3n) is 2.21. The minimum Gasteiger partial charge on any atom is -0.466 e. The second-order valence-electron chi connectivity index (χ2n) is 4.18. The highest BCUT2D eigenvalue weighted by Gasteiger charge is 2.22. The van der Waals surface area contributed by atoms with E-state index in [0.717, 1.165) is 6.42 Å². The summed E-state index contributed by atoms with van der Waals surface area (Å²) in [6, 6.07) is -0.793. The SMILES string of the molecule is CCCOC(=O)CCC(NC(C)=O)C(=O)OCCC. The lowest BCUT2D eigenvalue weighted by Gasteiger charge is -2.16. The van der Waals surface area contributed by atoms with E-state index in [2.05, 4.69) is 5.32 Å². The van der Waals surface area contributed by atoms with Crippen LogP contribution in [0.4, 0.5) is 0 Å². The van der Waals surface area contributed by atoms with Crippen LogP contribution in [0.1, 0.15) is 46.5 Å². The van der Waals surface area contributed by atoms with Crippen molar-refractivity contribution in [3.63, 3.8) is 0 Å². The Morgan fingerprint density at radius 1 is 1.05 bits per heavy atom. The maximum absolute atomic E-state index is 11.7. The van der Waals surface area contributed by atoms with Crippen molar-refractivity contribution in [2.75, 3.05) is 13.2 Å². The molecule has 0 aromatic heterocycles. The summed E-state index contributed by atoms with van der Waals surface area (Å²) in [6.07, 6.45) is 1.72. The average Bonchev–Trinajstić information content (AvgIpc) is 2.37. The van der Waals surface area contributed by atoms with E-state index in [-0.39, 0.29) is 24.7 Å². The maximum atomic E-state index is 11.7. The van der Waals surface area contributed by atoms with E-state index in [0.29, 0.717) is 19.6 Å². The summed E-state index contributed by atoms with van der Waals surface area (Å²) in [4.78, 5) is 34.0. The van der Waals surface area contributed by atoms with Crippen LogP contribution in [0.25, 0.3) is 0 Å². The first-order valence-corrected chi connectivity index (χ1v) is 6.60. The van der Waals surface area contributed by atoms with E-state index >= 15 is 0 Å².